The number of aryl methyl sites for hydroxylation is 3. The number of phenolic OH excluding ortho intramolecular Hbond substituents is 5. The molecule has 9 aromatic rings. The van der Waals surface area contributed by atoms with Crippen LogP contribution in [0.5, 0.6) is 28.7 Å². The third-order valence-electron chi connectivity index (χ3n) is 18.5. The molecule has 0 spiro atoms. The molecule has 20 nitrogen and oxygen atoms in total. The zero-order valence-electron chi connectivity index (χ0n) is 74.0. The fourth-order valence-corrected chi connectivity index (χ4v) is 15.2. The minimum atomic E-state index is -0.647. The van der Waals surface area contributed by atoms with Gasteiger partial charge in [-0.2, -0.15) is 0 Å². The van der Waals surface area contributed by atoms with Crippen LogP contribution in [0.3, 0.4) is 0 Å². The molecule has 0 amide bonds. The van der Waals surface area contributed by atoms with Crippen molar-refractivity contribution in [2.45, 2.75) is 234 Å². The summed E-state index contributed by atoms with van der Waals surface area (Å²) in [5, 5.41) is 171. The molecule has 0 aliphatic heterocycles. The molecule has 0 aliphatic carbocycles. The molecule has 128 heavy (non-hydrogen) atoms. The number of aromatic hydroxyl groups is 5. The van der Waals surface area contributed by atoms with E-state index in [1.165, 1.54) is 43.4 Å². The van der Waals surface area contributed by atoms with Gasteiger partial charge in [-0.1, -0.05) is 190 Å². The first-order valence-corrected chi connectivity index (χ1v) is 48.9. The second kappa shape index (κ2) is 67.5. The van der Waals surface area contributed by atoms with Crippen LogP contribution in [0.15, 0.2) is 224 Å². The molecule has 0 unspecified atom stereocenters. The molecule has 9 rings (SSSR count). The van der Waals surface area contributed by atoms with E-state index in [-0.39, 0.29) is 28.7 Å². The Bertz CT molecular complexity index is 4910. The van der Waals surface area contributed by atoms with Crippen LogP contribution in [-0.2, 0) is 19.3 Å². The van der Waals surface area contributed by atoms with Crippen molar-refractivity contribution in [3.05, 3.63) is 277 Å². The van der Waals surface area contributed by atoms with Crippen LogP contribution in [0.25, 0.3) is 0 Å². The highest BCUT2D eigenvalue weighted by molar-refractivity contribution is 14.1. The number of rotatable bonds is 36. The molecule has 20 N–H and O–H groups in total. The van der Waals surface area contributed by atoms with Crippen molar-refractivity contribution in [3.8, 4) is 28.7 Å². The fraction of sp³-hybridized carbons (Fsp3) is 0.364. The Kier molecular flexibility index (Phi) is 62.9. The number of phenols is 5. The zero-order valence-corrected chi connectivity index (χ0v) is 88.9. The maximum absolute atomic E-state index is 9.84. The van der Waals surface area contributed by atoms with E-state index in [1.54, 1.807) is 90.9 Å². The Morgan fingerprint density at radius 1 is 0.273 bits per heavy atom. The maximum Gasteiger partial charge on any atom is 0.160 e. The summed E-state index contributed by atoms with van der Waals surface area (Å²) in [5.41, 5.74) is 13.8. The van der Waals surface area contributed by atoms with Gasteiger partial charge in [0.2, 0.25) is 0 Å². The van der Waals surface area contributed by atoms with Crippen LogP contribution in [0, 0.1) is 52.3 Å². The molecule has 0 bridgehead atoms. The summed E-state index contributed by atoms with van der Waals surface area (Å²) in [6.45, 7) is 15.9. The second-order valence-electron chi connectivity index (χ2n) is 30.8. The average molecular weight is 2360 g/mol. The highest BCUT2D eigenvalue weighted by atomic mass is 131. The highest BCUT2D eigenvalue weighted by Gasteiger charge is 2.17. The van der Waals surface area contributed by atoms with E-state index < -0.39 is 36.6 Å². The van der Waals surface area contributed by atoms with Gasteiger partial charge in [0.25, 0.3) is 0 Å². The predicted molar refractivity (Wildman–Crippen MR) is 565 cm³/mol. The first-order valence-electron chi connectivity index (χ1n) is 41.5. The molecule has 0 aliphatic rings. The van der Waals surface area contributed by atoms with Crippen molar-refractivity contribution in [3.63, 3.8) is 0 Å². The lowest BCUT2D eigenvalue weighted by Crippen LogP contribution is -2.01. The number of halogens is 9. The Labute approximate surface area is 837 Å². The lowest BCUT2D eigenvalue weighted by Gasteiger charge is -2.12. The summed E-state index contributed by atoms with van der Waals surface area (Å²) >= 11 is 28.9. The van der Waals surface area contributed by atoms with Crippen molar-refractivity contribution in [2.75, 3.05) is 0 Å². The van der Waals surface area contributed by atoms with Crippen molar-refractivity contribution in [1.29, 1.82) is 48.7 Å². The van der Waals surface area contributed by atoms with Gasteiger partial charge in [-0.3, -0.25) is 0 Å². The van der Waals surface area contributed by atoms with Gasteiger partial charge in [0.05, 0.1) is 41.1 Å². The van der Waals surface area contributed by atoms with Crippen LogP contribution in [0.1, 0.15) is 265 Å². The SMILES string of the molecule is CC(=N)CCCc1cc([76Br])cc(O)c1O.CC(=N)CCCc1ccc([131I])cc1.CC(=N)CCCc1ccccc1[76Br].CC(=N)CC[C@H](O)c1cc(O)cc([76Br])c1.CC(=N)CC[C@H](O)c1cc(O)ccc1[76Br].CC(=N)CC[C@H](O)c1ccc([76Br])c(O)c1.CC(=N)CC[C@H](O)c1ccc([76Br])cc1.CC(=N)CC[C@H](O)c1cccc([76Br])c1.CC(=N)CC[C@H](O)c1ccccc1[76Br]. The lowest BCUT2D eigenvalue weighted by atomic mass is 10.0. The molecule has 696 valence electrons. The van der Waals surface area contributed by atoms with Gasteiger partial charge in [-0.05, 0) is 395 Å². The average Bonchev–Trinajstić information content (AvgIpc) is 0.860. The van der Waals surface area contributed by atoms with E-state index in [4.69, 9.17) is 48.7 Å². The molecular weight excluding hydrogens is 2230 g/mol. The maximum atomic E-state index is 9.84. The summed E-state index contributed by atoms with van der Waals surface area (Å²) in [7, 11) is 0. The van der Waals surface area contributed by atoms with Gasteiger partial charge >= 0.3 is 0 Å². The molecule has 0 heterocycles. The predicted octanol–water partition coefficient (Wildman–Crippen LogP) is 29.6. The van der Waals surface area contributed by atoms with Crippen LogP contribution < -0.4 is 0 Å². The topological polar surface area (TPSA) is 437 Å². The molecule has 9 aromatic carbocycles. The Morgan fingerprint density at radius 3 is 1.11 bits per heavy atom. The Hall–Kier alpha value is -6.66. The van der Waals surface area contributed by atoms with Crippen molar-refractivity contribution in [1.82, 2.24) is 0 Å². The molecule has 0 radical (unpaired) electrons. The first kappa shape index (κ1) is 119. The highest BCUT2D eigenvalue weighted by Crippen LogP contribution is 2.36. The van der Waals surface area contributed by atoms with Gasteiger partial charge < -0.3 is 105 Å². The van der Waals surface area contributed by atoms with E-state index in [0.717, 1.165) is 99.9 Å². The van der Waals surface area contributed by atoms with Gasteiger partial charge in [0.15, 0.2) is 11.5 Å². The lowest BCUT2D eigenvalue weighted by molar-refractivity contribution is 0.168. The van der Waals surface area contributed by atoms with Crippen LogP contribution in [0.4, 0.5) is 0 Å². The largest absolute Gasteiger partial charge is 0.508 e. The fourth-order valence-electron chi connectivity index (χ4n) is 11.4. The third-order valence-corrected chi connectivity index (χ3v) is 24.1. The van der Waals surface area contributed by atoms with E-state index in [9.17, 15) is 56.2 Å². The monoisotopic (exact) mass is 2360 g/mol. The van der Waals surface area contributed by atoms with Crippen molar-refractivity contribution in [2.24, 2.45) is 0 Å². The molecule has 0 saturated heterocycles. The minimum Gasteiger partial charge on any atom is -0.508 e. The standard InChI is InChI=1S/4C11H14BrNO2.3C11H14BrNO.C11H14BrN.C11H14IN/c1-7(13)2-5-11(15)9-6-8(14)3-4-10(9)12;1-7(13)2-5-10(14)8-3-4-9(12)11(15)6-8;1-7(13)2-3-11(15)8-4-9(12)6-10(14)5-8;1-7(13)3-2-4-8-5-9(12)6-10(14)11(8)15;1-8(13)2-7-11(14)9-3-5-10(12)6-4-9;1-8(13)5-6-11(14)9-3-2-4-10(12)7-9;1-8(13)6-7-11(14)9-4-2-3-5-10(9)12;1-9(13)5-4-7-10-6-2-3-8-11(10)12;1-9(13)3-2-4-10-5-7-11(12)8-6-10/h3-4,6,11,13-15H,2,5H2,1H3;3-4,6,10,13-15H,2,5H2,1H3;4-6,11,13-15H,2-3H2,1H3;5-6,13-15H,2-4H2,1H3;3-6,11,13-14H,2,7H2,1H3;2-4,7,11,13-14H,5-6H2,1H3;2-5,11,13-14H,6-7H2,1H3;2-3,6,8,13H,4-5,7H2,1H3;5-8,13H,2-4H2,1H3/t11-;10-;11-;;3*11-;;/m000.000../s1/i8*12-4;12+4. The number of aliphatic hydroxyl groups excluding tert-OH is 6. The van der Waals surface area contributed by atoms with Crippen molar-refractivity contribution < 1.29 is 56.2 Å². The van der Waals surface area contributed by atoms with Crippen LogP contribution >= 0.6 is 150 Å². The first-order chi connectivity index (χ1) is 60.2. The molecule has 29 heteroatoms. The molecule has 0 aromatic heterocycles. The van der Waals surface area contributed by atoms with Gasteiger partial charge in [0.1, 0.15) is 17.2 Å². The number of nitrogens with one attached hydrogen (secondary N) is 9. The van der Waals surface area contributed by atoms with E-state index in [0.29, 0.717) is 157 Å². The normalized spacial score (nSPS) is 11.7. The zero-order chi connectivity index (χ0) is 96.7. The Morgan fingerprint density at radius 2 is 0.656 bits per heavy atom. The van der Waals surface area contributed by atoms with E-state index in [2.05, 4.69) is 192 Å². The number of hydrogen-bond donors (Lipinski definition) is 20. The molecular formula is C99H126Br8IN9O11. The van der Waals surface area contributed by atoms with E-state index >= 15 is 0 Å². The molecule has 0 saturated carbocycles. The van der Waals surface area contributed by atoms with E-state index in [1.807, 2.05) is 92.7 Å². The van der Waals surface area contributed by atoms with Crippen molar-refractivity contribution >= 4 is 201 Å². The van der Waals surface area contributed by atoms with Gasteiger partial charge in [-0.15, -0.1) is 0 Å². The summed E-state index contributed by atoms with van der Waals surface area (Å²) in [4.78, 5) is 0. The number of hydrogen-bond acceptors (Lipinski definition) is 20. The summed E-state index contributed by atoms with van der Waals surface area (Å²) in [5.74, 6) is 0.230. The van der Waals surface area contributed by atoms with Crippen LogP contribution in [-0.4, -0.2) is 108 Å². The second-order valence-corrected chi connectivity index (χ2v) is 39.2. The molecule has 0 fully saturated rings. The van der Waals surface area contributed by atoms with Gasteiger partial charge in [0, 0.05) is 86.3 Å². The number of aliphatic hydroxyl groups is 6. The summed E-state index contributed by atoms with van der Waals surface area (Å²) < 4.78 is 8.24. The summed E-state index contributed by atoms with van der Waals surface area (Å²) in [6, 6.07) is 57.7. The smallest absolute Gasteiger partial charge is 0.160 e. The third kappa shape index (κ3) is 56.9. The Balaban J connectivity index is 0.000000720. The molecule has 6 atom stereocenters. The van der Waals surface area contributed by atoms with Crippen LogP contribution in [0.2, 0.25) is 0 Å². The van der Waals surface area contributed by atoms with Gasteiger partial charge in [-0.25, -0.2) is 0 Å². The quantitative estimate of drug-likeness (QED) is 0.00994. The summed E-state index contributed by atoms with van der Waals surface area (Å²) in [6.07, 6.45) is 12.0. The number of benzene rings is 9. The minimum absolute atomic E-state index is 0.0548.